The summed E-state index contributed by atoms with van der Waals surface area (Å²) in [7, 11) is 7.85. The smallest absolute Gasteiger partial charge is 0.151 e. The summed E-state index contributed by atoms with van der Waals surface area (Å²) in [5, 5.41) is 0. The summed E-state index contributed by atoms with van der Waals surface area (Å²) < 4.78 is 11.8. The molecule has 1 nitrogen and oxygen atoms in total. The number of benzene rings is 1. The van der Waals surface area contributed by atoms with E-state index in [2.05, 4.69) is 13.8 Å². The molecule has 1 aromatic carbocycles. The quantitative estimate of drug-likeness (QED) is 0.671. The third-order valence-corrected chi connectivity index (χ3v) is 11.6. The van der Waals surface area contributed by atoms with Gasteiger partial charge in [-0.1, -0.05) is 13.8 Å². The second kappa shape index (κ2) is 5.25. The average molecular weight is 339 g/mol. The van der Waals surface area contributed by atoms with Gasteiger partial charge in [0.25, 0.3) is 0 Å². The second-order valence-electron chi connectivity index (χ2n) is 3.59. The van der Waals surface area contributed by atoms with Crippen LogP contribution >= 0.6 is 53.0 Å². The summed E-state index contributed by atoms with van der Waals surface area (Å²) in [6.07, 6.45) is 2.07. The molecule has 2 aliphatic rings. The van der Waals surface area contributed by atoms with Crippen molar-refractivity contribution in [3.05, 3.63) is 11.1 Å². The lowest BCUT2D eigenvalue weighted by Crippen LogP contribution is -1.96. The molecule has 0 saturated carbocycles. The van der Waals surface area contributed by atoms with Crippen LogP contribution in [0.15, 0.2) is 19.6 Å². The van der Waals surface area contributed by atoms with E-state index in [0.29, 0.717) is 0 Å². The van der Waals surface area contributed by atoms with Gasteiger partial charge in [-0.05, 0) is 77.0 Å². The van der Waals surface area contributed by atoms with Crippen LogP contribution in [0.5, 0.6) is 0 Å². The van der Waals surface area contributed by atoms with Gasteiger partial charge in [-0.15, -0.1) is 0 Å². The highest BCUT2D eigenvalue weighted by Gasteiger charge is 2.32. The largest absolute Gasteiger partial charge is 0.235 e. The summed E-state index contributed by atoms with van der Waals surface area (Å²) in [6.45, 7) is 4.39. The fourth-order valence-corrected chi connectivity index (χ4v) is 12.6. The molecule has 0 aromatic heterocycles. The van der Waals surface area contributed by atoms with Gasteiger partial charge in [-0.25, -0.2) is 4.21 Å². The van der Waals surface area contributed by atoms with Gasteiger partial charge < -0.3 is 0 Å². The Bertz CT molecular complexity index is 469. The van der Waals surface area contributed by atoms with Gasteiger partial charge in [0, 0.05) is 19.6 Å². The Morgan fingerprint density at radius 2 is 1.35 bits per heavy atom. The standard InChI is InChI=1S/C10H10OS6/c1-3-5-7-8(13-16-12-7)6(4-2)10-9(5)14-17(11)15-10/h3-4H2,1-2H3. The SMILES string of the molecule is CCc1c2c(c(CC)c3c1SS(=O)S3)SSS2. The summed E-state index contributed by atoms with van der Waals surface area (Å²) in [6, 6.07) is 0. The van der Waals surface area contributed by atoms with Crippen molar-refractivity contribution in [2.45, 2.75) is 46.3 Å². The van der Waals surface area contributed by atoms with E-state index in [1.54, 1.807) is 21.6 Å². The fraction of sp³-hybridized carbons (Fsp3) is 0.400. The molecule has 0 amide bonds. The first-order chi connectivity index (χ1) is 8.26. The van der Waals surface area contributed by atoms with Crippen LogP contribution in [0, 0.1) is 0 Å². The summed E-state index contributed by atoms with van der Waals surface area (Å²) in [5.74, 6) is 0. The Balaban J connectivity index is 2.30. The highest BCUT2D eigenvalue weighted by Crippen LogP contribution is 2.63. The van der Waals surface area contributed by atoms with Crippen LogP contribution in [0.25, 0.3) is 0 Å². The Kier molecular flexibility index (Phi) is 4.05. The Labute approximate surface area is 122 Å². The van der Waals surface area contributed by atoms with Crippen LogP contribution in [-0.2, 0) is 21.7 Å². The van der Waals surface area contributed by atoms with E-state index in [4.69, 9.17) is 0 Å². The lowest BCUT2D eigenvalue weighted by atomic mass is 10.1. The second-order valence-corrected chi connectivity index (χ2v) is 12.5. The van der Waals surface area contributed by atoms with Gasteiger partial charge in [-0.2, -0.15) is 0 Å². The van der Waals surface area contributed by atoms with Crippen LogP contribution in [0.1, 0.15) is 25.0 Å². The van der Waals surface area contributed by atoms with E-state index in [9.17, 15) is 4.21 Å². The van der Waals surface area contributed by atoms with Gasteiger partial charge in [0.1, 0.15) is 0 Å². The molecule has 92 valence electrons. The van der Waals surface area contributed by atoms with Gasteiger partial charge in [0.15, 0.2) is 8.86 Å². The maximum absolute atomic E-state index is 11.8. The molecule has 0 aliphatic carbocycles. The number of fused-ring (bicyclic) bond motifs is 2. The highest BCUT2D eigenvalue weighted by molar-refractivity contribution is 9.10. The van der Waals surface area contributed by atoms with E-state index in [1.165, 1.54) is 30.7 Å². The molecule has 3 rings (SSSR count). The van der Waals surface area contributed by atoms with Crippen molar-refractivity contribution in [1.82, 2.24) is 0 Å². The first kappa shape index (κ1) is 13.1. The van der Waals surface area contributed by atoms with E-state index >= 15 is 0 Å². The average Bonchev–Trinajstić information content (AvgIpc) is 2.91. The van der Waals surface area contributed by atoms with E-state index < -0.39 is 8.86 Å². The normalized spacial score (nSPS) is 18.5. The van der Waals surface area contributed by atoms with Crippen LogP contribution in [0.3, 0.4) is 0 Å². The summed E-state index contributed by atoms with van der Waals surface area (Å²) in [5.41, 5.74) is 2.83. The maximum atomic E-state index is 11.8. The van der Waals surface area contributed by atoms with Crippen LogP contribution < -0.4 is 0 Å². The van der Waals surface area contributed by atoms with E-state index in [1.807, 2.05) is 31.4 Å². The van der Waals surface area contributed by atoms with Crippen molar-refractivity contribution < 1.29 is 4.21 Å². The molecule has 0 unspecified atom stereocenters. The van der Waals surface area contributed by atoms with Gasteiger partial charge in [0.05, 0.1) is 0 Å². The molecule has 2 aliphatic heterocycles. The summed E-state index contributed by atoms with van der Waals surface area (Å²) in [4.78, 5) is 5.46. The minimum atomic E-state index is -0.830. The van der Waals surface area contributed by atoms with Gasteiger partial charge in [-0.3, -0.25) is 0 Å². The molecule has 0 N–H and O–H groups in total. The highest BCUT2D eigenvalue weighted by atomic mass is 33.5. The first-order valence-electron chi connectivity index (χ1n) is 5.27. The van der Waals surface area contributed by atoms with Gasteiger partial charge >= 0.3 is 0 Å². The minimum absolute atomic E-state index is 0.830. The molecule has 7 heteroatoms. The molecule has 0 bridgehead atoms. The van der Waals surface area contributed by atoms with Crippen molar-refractivity contribution in [1.29, 1.82) is 0 Å². The molecule has 0 radical (unpaired) electrons. The van der Waals surface area contributed by atoms with Crippen molar-refractivity contribution in [3.8, 4) is 0 Å². The lowest BCUT2D eigenvalue weighted by Gasteiger charge is -2.14. The Hall–Kier alpha value is 1.12. The molecule has 0 saturated heterocycles. The van der Waals surface area contributed by atoms with Crippen LogP contribution in [0.2, 0.25) is 0 Å². The minimum Gasteiger partial charge on any atom is -0.235 e. The molecule has 2 heterocycles. The number of hydrogen-bond acceptors (Lipinski definition) is 6. The van der Waals surface area contributed by atoms with Crippen molar-refractivity contribution in [3.63, 3.8) is 0 Å². The zero-order valence-corrected chi connectivity index (χ0v) is 14.2. The van der Waals surface area contributed by atoms with Gasteiger partial charge in [0.2, 0.25) is 0 Å². The molecular formula is C10H10OS6. The predicted octanol–water partition coefficient (Wildman–Crippen LogP) is 5.35. The summed E-state index contributed by atoms with van der Waals surface area (Å²) >= 11 is 0. The Morgan fingerprint density at radius 3 is 1.76 bits per heavy atom. The fourth-order valence-electron chi connectivity index (χ4n) is 1.99. The molecule has 0 spiro atoms. The Morgan fingerprint density at radius 1 is 0.882 bits per heavy atom. The van der Waals surface area contributed by atoms with Crippen LogP contribution in [0.4, 0.5) is 0 Å². The molecule has 17 heavy (non-hydrogen) atoms. The lowest BCUT2D eigenvalue weighted by molar-refractivity contribution is 0.699. The number of hydrogen-bond donors (Lipinski definition) is 0. The molecule has 1 aromatic rings. The van der Waals surface area contributed by atoms with Crippen molar-refractivity contribution in [2.75, 3.05) is 0 Å². The van der Waals surface area contributed by atoms with Crippen molar-refractivity contribution >= 4 is 61.9 Å². The van der Waals surface area contributed by atoms with Crippen LogP contribution in [-0.4, -0.2) is 4.21 Å². The third kappa shape index (κ3) is 2.10. The predicted molar refractivity (Wildman–Crippen MR) is 84.4 cm³/mol. The molecule has 0 fully saturated rings. The maximum Gasteiger partial charge on any atom is 0.151 e. The van der Waals surface area contributed by atoms with E-state index in [0.717, 1.165) is 12.8 Å². The molecule has 0 atom stereocenters. The van der Waals surface area contributed by atoms with E-state index in [-0.39, 0.29) is 0 Å². The zero-order valence-electron chi connectivity index (χ0n) is 9.27. The topological polar surface area (TPSA) is 17.1 Å². The van der Waals surface area contributed by atoms with Crippen molar-refractivity contribution in [2.24, 2.45) is 0 Å². The monoisotopic (exact) mass is 338 g/mol. The first-order valence-corrected chi connectivity index (χ1v) is 12.6. The zero-order chi connectivity index (χ0) is 12.0. The molecular weight excluding hydrogens is 329 g/mol. The number of rotatable bonds is 2. The third-order valence-electron chi connectivity index (χ3n) is 2.75.